The van der Waals surface area contributed by atoms with E-state index in [2.05, 4.69) is 63.1 Å². The van der Waals surface area contributed by atoms with Crippen LogP contribution in [0.3, 0.4) is 0 Å². The fourth-order valence-corrected chi connectivity index (χ4v) is 3.94. The van der Waals surface area contributed by atoms with Gasteiger partial charge in [0.25, 0.3) is 0 Å². The highest BCUT2D eigenvalue weighted by atomic mass is 15.3. The summed E-state index contributed by atoms with van der Waals surface area (Å²) in [6.07, 6.45) is 4.00. The molecule has 0 amide bonds. The first-order valence-electron chi connectivity index (χ1n) is 10.4. The van der Waals surface area contributed by atoms with Crippen molar-refractivity contribution in [2.45, 2.75) is 26.9 Å². The van der Waals surface area contributed by atoms with Crippen molar-refractivity contribution in [3.05, 3.63) is 102 Å². The molecule has 0 atom stereocenters. The van der Waals surface area contributed by atoms with Crippen molar-refractivity contribution < 1.29 is 0 Å². The van der Waals surface area contributed by atoms with Crippen LogP contribution in [0.15, 0.2) is 79.1 Å². The van der Waals surface area contributed by atoms with E-state index in [4.69, 9.17) is 5.10 Å². The van der Waals surface area contributed by atoms with Gasteiger partial charge in [0.2, 0.25) is 5.78 Å². The molecule has 3 heterocycles. The average Bonchev–Trinajstić information content (AvgIpc) is 3.40. The van der Waals surface area contributed by atoms with Gasteiger partial charge < -0.3 is 5.32 Å². The number of para-hydroxylation sites is 1. The summed E-state index contributed by atoms with van der Waals surface area (Å²) in [5.41, 5.74) is 7.51. The van der Waals surface area contributed by atoms with E-state index in [0.29, 0.717) is 13.1 Å². The molecule has 0 radical (unpaired) electrons. The zero-order chi connectivity index (χ0) is 21.2. The summed E-state index contributed by atoms with van der Waals surface area (Å²) in [5, 5.41) is 8.46. The van der Waals surface area contributed by atoms with Crippen molar-refractivity contribution in [1.29, 1.82) is 0 Å². The van der Waals surface area contributed by atoms with Crippen molar-refractivity contribution in [1.82, 2.24) is 29.5 Å². The third-order valence-corrected chi connectivity index (χ3v) is 5.34. The third-order valence-electron chi connectivity index (χ3n) is 5.34. The number of rotatable bonds is 6. The van der Waals surface area contributed by atoms with Crippen LogP contribution in [-0.4, -0.2) is 24.1 Å². The minimum Gasteiger partial charge on any atom is -0.307 e. The van der Waals surface area contributed by atoms with Crippen molar-refractivity contribution in [3.8, 4) is 16.9 Å². The molecule has 0 spiro atoms. The Morgan fingerprint density at radius 2 is 1.65 bits per heavy atom. The average molecular weight is 409 g/mol. The Bertz CT molecular complexity index is 1320. The van der Waals surface area contributed by atoms with Crippen LogP contribution >= 0.6 is 0 Å². The molecule has 2 aromatic carbocycles. The Morgan fingerprint density at radius 1 is 0.903 bits per heavy atom. The molecule has 0 saturated heterocycles. The molecule has 0 aliphatic heterocycles. The topological polar surface area (TPSA) is 60.0 Å². The molecule has 3 aromatic heterocycles. The van der Waals surface area contributed by atoms with Gasteiger partial charge in [0, 0.05) is 41.8 Å². The summed E-state index contributed by atoms with van der Waals surface area (Å²) in [7, 11) is 0. The highest BCUT2D eigenvalue weighted by Gasteiger charge is 2.13. The lowest BCUT2D eigenvalue weighted by Crippen LogP contribution is -2.15. The van der Waals surface area contributed by atoms with Gasteiger partial charge in [-0.25, -0.2) is 14.6 Å². The maximum atomic E-state index is 4.89. The van der Waals surface area contributed by atoms with E-state index in [1.807, 2.05) is 54.2 Å². The van der Waals surface area contributed by atoms with E-state index in [1.54, 1.807) is 0 Å². The van der Waals surface area contributed by atoms with E-state index >= 15 is 0 Å². The Morgan fingerprint density at radius 3 is 2.42 bits per heavy atom. The lowest BCUT2D eigenvalue weighted by atomic mass is 10.1. The molecule has 0 unspecified atom stereocenters. The summed E-state index contributed by atoms with van der Waals surface area (Å²) >= 11 is 0. The summed E-state index contributed by atoms with van der Waals surface area (Å²) in [5.74, 6) is 0.746. The minimum atomic E-state index is 0.692. The van der Waals surface area contributed by atoms with E-state index < -0.39 is 0 Å². The van der Waals surface area contributed by atoms with Crippen molar-refractivity contribution in [2.75, 3.05) is 0 Å². The van der Waals surface area contributed by atoms with Gasteiger partial charge in [0.15, 0.2) is 0 Å². The molecule has 5 aromatic rings. The van der Waals surface area contributed by atoms with Crippen molar-refractivity contribution in [2.24, 2.45) is 0 Å². The van der Waals surface area contributed by atoms with Gasteiger partial charge in [-0.1, -0.05) is 48.5 Å². The number of aromatic nitrogens is 5. The van der Waals surface area contributed by atoms with Crippen molar-refractivity contribution >= 4 is 5.78 Å². The number of nitrogens with one attached hydrogen (secondary N) is 1. The minimum absolute atomic E-state index is 0.692. The lowest BCUT2D eigenvalue weighted by molar-refractivity contribution is 0.673. The molecule has 0 aliphatic rings. The Balaban J connectivity index is 1.42. The summed E-state index contributed by atoms with van der Waals surface area (Å²) in [4.78, 5) is 9.00. The van der Waals surface area contributed by atoms with Gasteiger partial charge in [-0.3, -0.25) is 4.40 Å². The van der Waals surface area contributed by atoms with Gasteiger partial charge in [0.1, 0.15) is 0 Å². The number of benzene rings is 2. The summed E-state index contributed by atoms with van der Waals surface area (Å²) in [6, 6.07) is 22.6. The zero-order valence-electron chi connectivity index (χ0n) is 17.7. The smallest absolute Gasteiger partial charge is 0.234 e. The number of nitrogens with zero attached hydrogens (tertiary/aromatic N) is 5. The number of imidazole rings is 1. The van der Waals surface area contributed by atoms with Crippen LogP contribution in [0, 0.1) is 13.8 Å². The molecule has 0 fully saturated rings. The predicted octanol–water partition coefficient (Wildman–Crippen LogP) is 4.49. The third kappa shape index (κ3) is 3.85. The second-order valence-electron chi connectivity index (χ2n) is 7.68. The van der Waals surface area contributed by atoms with E-state index in [-0.39, 0.29) is 0 Å². The van der Waals surface area contributed by atoms with Gasteiger partial charge >= 0.3 is 0 Å². The van der Waals surface area contributed by atoms with Crippen LogP contribution in [-0.2, 0) is 13.1 Å². The van der Waals surface area contributed by atoms with Gasteiger partial charge in [-0.05, 0) is 32.0 Å². The van der Waals surface area contributed by atoms with Crippen LogP contribution in [0.2, 0.25) is 0 Å². The number of aryl methyl sites for hydroxylation is 2. The van der Waals surface area contributed by atoms with Gasteiger partial charge in [0.05, 0.1) is 23.3 Å². The van der Waals surface area contributed by atoms with E-state index in [9.17, 15) is 0 Å². The van der Waals surface area contributed by atoms with Crippen LogP contribution < -0.4 is 5.32 Å². The number of fused-ring (bicyclic) bond motifs is 1. The van der Waals surface area contributed by atoms with E-state index in [0.717, 1.165) is 45.4 Å². The Labute approximate surface area is 181 Å². The highest BCUT2D eigenvalue weighted by Crippen LogP contribution is 2.23. The Kier molecular flexibility index (Phi) is 5.06. The molecule has 6 nitrogen and oxygen atoms in total. The molecule has 154 valence electrons. The van der Waals surface area contributed by atoms with E-state index in [1.165, 1.54) is 0 Å². The molecule has 6 heteroatoms. The summed E-state index contributed by atoms with van der Waals surface area (Å²) < 4.78 is 4.05. The standard InChI is InChI=1S/C25H24N6/c1-18-13-19(2)31-23(16-27-25(31)28-18)15-26-14-21-17-30(22-11-7-4-8-12-22)29-24(21)20-9-5-3-6-10-20/h3-13,16-17,26H,14-15H2,1-2H3. The maximum absolute atomic E-state index is 4.89. The quantitative estimate of drug-likeness (QED) is 0.450. The molecule has 0 bridgehead atoms. The lowest BCUT2D eigenvalue weighted by Gasteiger charge is -2.08. The van der Waals surface area contributed by atoms with Gasteiger partial charge in [-0.15, -0.1) is 0 Å². The Hall–Kier alpha value is -3.77. The number of hydrogen-bond donors (Lipinski definition) is 1. The largest absolute Gasteiger partial charge is 0.307 e. The zero-order valence-corrected chi connectivity index (χ0v) is 17.7. The first kappa shape index (κ1) is 19.2. The second kappa shape index (κ2) is 8.16. The van der Waals surface area contributed by atoms with Crippen LogP contribution in [0.4, 0.5) is 0 Å². The molecular weight excluding hydrogens is 384 g/mol. The normalized spacial score (nSPS) is 11.3. The fourth-order valence-electron chi connectivity index (χ4n) is 3.94. The first-order chi connectivity index (χ1) is 15.2. The summed E-state index contributed by atoms with van der Waals surface area (Å²) in [6.45, 7) is 5.47. The molecule has 0 aliphatic carbocycles. The van der Waals surface area contributed by atoms with Crippen LogP contribution in [0.1, 0.15) is 22.6 Å². The number of hydrogen-bond acceptors (Lipinski definition) is 4. The van der Waals surface area contributed by atoms with Crippen molar-refractivity contribution in [3.63, 3.8) is 0 Å². The first-order valence-corrected chi connectivity index (χ1v) is 10.4. The van der Waals surface area contributed by atoms with Gasteiger partial charge in [-0.2, -0.15) is 5.10 Å². The van der Waals surface area contributed by atoms with Crippen LogP contribution in [0.25, 0.3) is 22.7 Å². The molecule has 5 rings (SSSR count). The maximum Gasteiger partial charge on any atom is 0.234 e. The van der Waals surface area contributed by atoms with Crippen LogP contribution in [0.5, 0.6) is 0 Å². The SMILES string of the molecule is Cc1cc(C)n2c(CNCc3cn(-c4ccccc4)nc3-c3ccccc3)cnc2n1. The molecule has 1 N–H and O–H groups in total. The predicted molar refractivity (Wildman–Crippen MR) is 122 cm³/mol. The second-order valence-corrected chi connectivity index (χ2v) is 7.68. The highest BCUT2D eigenvalue weighted by molar-refractivity contribution is 5.63. The molecular formula is C25H24N6. The molecule has 0 saturated carbocycles. The molecule has 31 heavy (non-hydrogen) atoms. The monoisotopic (exact) mass is 408 g/mol. The fraction of sp³-hybridized carbons (Fsp3) is 0.160.